The van der Waals surface area contributed by atoms with Crippen molar-refractivity contribution in [1.82, 2.24) is 5.32 Å². The average Bonchev–Trinajstić information content (AvgIpc) is 2.73. The first-order chi connectivity index (χ1) is 8.34. The van der Waals surface area contributed by atoms with E-state index in [0.29, 0.717) is 0 Å². The molecule has 0 spiro atoms. The zero-order chi connectivity index (χ0) is 12.3. The highest BCUT2D eigenvalue weighted by molar-refractivity contribution is 7.99. The number of hydrogen-bond acceptors (Lipinski definition) is 4. The maximum absolute atomic E-state index is 5.46. The lowest BCUT2D eigenvalue weighted by molar-refractivity contribution is 0.133. The zero-order valence-electron chi connectivity index (χ0n) is 10.8. The number of unbranched alkanes of at least 4 members (excludes halogenated alkanes) is 1. The standard InChI is InChI=1S/C13H23NO2S/c1-3-4-8-15-10-6-14-7-11-17-13-5-9-16-12(13)2/h5,9,14H,3-4,6-8,10-11H2,1-2H3. The van der Waals surface area contributed by atoms with Crippen molar-refractivity contribution in [3.63, 3.8) is 0 Å². The van der Waals surface area contributed by atoms with Crippen molar-refractivity contribution < 1.29 is 9.15 Å². The van der Waals surface area contributed by atoms with E-state index in [-0.39, 0.29) is 0 Å². The molecule has 0 saturated carbocycles. The quantitative estimate of drug-likeness (QED) is 0.516. The SMILES string of the molecule is CCCCOCCNCCSc1ccoc1C. The van der Waals surface area contributed by atoms with Crippen molar-refractivity contribution in [2.75, 3.05) is 32.1 Å². The first-order valence-electron chi connectivity index (χ1n) is 6.30. The summed E-state index contributed by atoms with van der Waals surface area (Å²) < 4.78 is 10.7. The van der Waals surface area contributed by atoms with E-state index in [0.717, 1.165) is 44.2 Å². The first-order valence-corrected chi connectivity index (χ1v) is 7.28. The molecule has 3 nitrogen and oxygen atoms in total. The van der Waals surface area contributed by atoms with Crippen molar-refractivity contribution in [2.24, 2.45) is 0 Å². The van der Waals surface area contributed by atoms with E-state index in [1.54, 1.807) is 6.26 Å². The number of hydrogen-bond donors (Lipinski definition) is 1. The first kappa shape index (κ1) is 14.6. The van der Waals surface area contributed by atoms with Crippen LogP contribution in [-0.2, 0) is 4.74 Å². The van der Waals surface area contributed by atoms with Crippen molar-refractivity contribution >= 4 is 11.8 Å². The van der Waals surface area contributed by atoms with Gasteiger partial charge in [-0.05, 0) is 19.4 Å². The third-order valence-electron chi connectivity index (χ3n) is 2.41. The van der Waals surface area contributed by atoms with Gasteiger partial charge >= 0.3 is 0 Å². The summed E-state index contributed by atoms with van der Waals surface area (Å²) in [4.78, 5) is 1.24. The third kappa shape index (κ3) is 6.76. The van der Waals surface area contributed by atoms with E-state index >= 15 is 0 Å². The molecule has 0 saturated heterocycles. The van der Waals surface area contributed by atoms with Crippen LogP contribution >= 0.6 is 11.8 Å². The monoisotopic (exact) mass is 257 g/mol. The van der Waals surface area contributed by atoms with Gasteiger partial charge in [0.25, 0.3) is 0 Å². The van der Waals surface area contributed by atoms with Crippen LogP contribution in [0.15, 0.2) is 21.6 Å². The summed E-state index contributed by atoms with van der Waals surface area (Å²) in [7, 11) is 0. The summed E-state index contributed by atoms with van der Waals surface area (Å²) in [5, 5.41) is 3.37. The maximum atomic E-state index is 5.46. The Morgan fingerprint density at radius 2 is 2.24 bits per heavy atom. The Morgan fingerprint density at radius 1 is 1.35 bits per heavy atom. The molecule has 0 aliphatic rings. The smallest absolute Gasteiger partial charge is 0.114 e. The fourth-order valence-corrected chi connectivity index (χ4v) is 2.24. The van der Waals surface area contributed by atoms with Gasteiger partial charge in [0.05, 0.1) is 12.9 Å². The van der Waals surface area contributed by atoms with Crippen LogP contribution in [0.25, 0.3) is 0 Å². The summed E-state index contributed by atoms with van der Waals surface area (Å²) in [5.74, 6) is 2.08. The molecule has 1 aromatic heterocycles. The molecule has 1 heterocycles. The number of thioether (sulfide) groups is 1. The highest BCUT2D eigenvalue weighted by atomic mass is 32.2. The fraction of sp³-hybridized carbons (Fsp3) is 0.692. The van der Waals surface area contributed by atoms with Gasteiger partial charge in [0, 0.05) is 30.3 Å². The largest absolute Gasteiger partial charge is 0.468 e. The molecular weight excluding hydrogens is 234 g/mol. The van der Waals surface area contributed by atoms with Crippen molar-refractivity contribution in [3.05, 3.63) is 18.1 Å². The maximum Gasteiger partial charge on any atom is 0.114 e. The normalized spacial score (nSPS) is 10.9. The van der Waals surface area contributed by atoms with Gasteiger partial charge in [0.2, 0.25) is 0 Å². The highest BCUT2D eigenvalue weighted by Gasteiger charge is 2.00. The van der Waals surface area contributed by atoms with Crippen LogP contribution < -0.4 is 5.32 Å². The molecule has 0 aliphatic carbocycles. The number of ether oxygens (including phenoxy) is 1. The fourth-order valence-electron chi connectivity index (χ4n) is 1.37. The number of furan rings is 1. The predicted octanol–water partition coefficient (Wildman–Crippen LogP) is 3.09. The molecule has 98 valence electrons. The Balaban J connectivity index is 1.86. The minimum atomic E-state index is 0.815. The topological polar surface area (TPSA) is 34.4 Å². The molecule has 0 radical (unpaired) electrons. The number of aryl methyl sites for hydroxylation is 1. The molecule has 0 amide bonds. The second-order valence-corrected chi connectivity index (χ2v) is 5.04. The van der Waals surface area contributed by atoms with Crippen LogP contribution in [0.2, 0.25) is 0 Å². The van der Waals surface area contributed by atoms with E-state index in [1.165, 1.54) is 11.3 Å². The lowest BCUT2D eigenvalue weighted by atomic mass is 10.4. The van der Waals surface area contributed by atoms with Gasteiger partial charge in [-0.25, -0.2) is 0 Å². The molecule has 0 fully saturated rings. The Morgan fingerprint density at radius 3 is 2.94 bits per heavy atom. The van der Waals surface area contributed by atoms with Gasteiger partial charge in [-0.3, -0.25) is 0 Å². The van der Waals surface area contributed by atoms with Crippen molar-refractivity contribution in [2.45, 2.75) is 31.6 Å². The molecule has 1 rings (SSSR count). The van der Waals surface area contributed by atoms with Crippen LogP contribution in [0.1, 0.15) is 25.5 Å². The summed E-state index contributed by atoms with van der Waals surface area (Å²) >= 11 is 1.83. The van der Waals surface area contributed by atoms with Crippen molar-refractivity contribution in [1.29, 1.82) is 0 Å². The van der Waals surface area contributed by atoms with E-state index in [9.17, 15) is 0 Å². The Bertz CT molecular complexity index is 289. The van der Waals surface area contributed by atoms with E-state index in [4.69, 9.17) is 9.15 Å². The Hall–Kier alpha value is -0.450. The summed E-state index contributed by atoms with van der Waals surface area (Å²) in [6, 6.07) is 2.02. The lowest BCUT2D eigenvalue weighted by Gasteiger charge is -2.05. The molecule has 1 aromatic rings. The van der Waals surface area contributed by atoms with E-state index in [2.05, 4.69) is 12.2 Å². The van der Waals surface area contributed by atoms with Gasteiger partial charge in [0.1, 0.15) is 5.76 Å². The van der Waals surface area contributed by atoms with Crippen LogP contribution in [0.4, 0.5) is 0 Å². The predicted molar refractivity (Wildman–Crippen MR) is 72.8 cm³/mol. The number of nitrogens with one attached hydrogen (secondary N) is 1. The molecule has 4 heteroatoms. The second kappa shape index (κ2) is 9.57. The third-order valence-corrected chi connectivity index (χ3v) is 3.56. The summed E-state index contributed by atoms with van der Waals surface area (Å²) in [6.07, 6.45) is 4.11. The molecule has 0 aliphatic heterocycles. The lowest BCUT2D eigenvalue weighted by Crippen LogP contribution is -2.22. The number of rotatable bonds is 10. The van der Waals surface area contributed by atoms with E-state index < -0.39 is 0 Å². The Kier molecular flexibility index (Phi) is 8.22. The average molecular weight is 257 g/mol. The van der Waals surface area contributed by atoms with Gasteiger partial charge < -0.3 is 14.5 Å². The van der Waals surface area contributed by atoms with Gasteiger partial charge in [0.15, 0.2) is 0 Å². The molecule has 0 unspecified atom stereocenters. The van der Waals surface area contributed by atoms with Gasteiger partial charge in [-0.15, -0.1) is 11.8 Å². The van der Waals surface area contributed by atoms with Crippen LogP contribution in [0.3, 0.4) is 0 Å². The summed E-state index contributed by atoms with van der Waals surface area (Å²) in [6.45, 7) is 7.83. The zero-order valence-corrected chi connectivity index (χ0v) is 11.6. The minimum absolute atomic E-state index is 0.815. The summed E-state index contributed by atoms with van der Waals surface area (Å²) in [5.41, 5.74) is 0. The van der Waals surface area contributed by atoms with Crippen molar-refractivity contribution in [3.8, 4) is 0 Å². The van der Waals surface area contributed by atoms with E-state index in [1.807, 2.05) is 24.8 Å². The molecule has 0 bridgehead atoms. The van der Waals surface area contributed by atoms with Crippen LogP contribution in [0, 0.1) is 6.92 Å². The second-order valence-electron chi connectivity index (χ2n) is 3.91. The Labute approximate surface area is 108 Å². The van der Waals surface area contributed by atoms with Crippen LogP contribution in [0.5, 0.6) is 0 Å². The van der Waals surface area contributed by atoms with Gasteiger partial charge in [-0.1, -0.05) is 13.3 Å². The molecular formula is C13H23NO2S. The molecule has 17 heavy (non-hydrogen) atoms. The van der Waals surface area contributed by atoms with Crippen LogP contribution in [-0.4, -0.2) is 32.1 Å². The minimum Gasteiger partial charge on any atom is -0.468 e. The highest BCUT2D eigenvalue weighted by Crippen LogP contribution is 2.22. The molecule has 0 aromatic carbocycles. The van der Waals surface area contributed by atoms with Gasteiger partial charge in [-0.2, -0.15) is 0 Å². The molecule has 1 N–H and O–H groups in total. The molecule has 0 atom stereocenters.